The number of benzene rings is 2. The van der Waals surface area contributed by atoms with E-state index in [-0.39, 0.29) is 29.7 Å². The number of ether oxygens (including phenoxy) is 1. The molecule has 6 nitrogen and oxygen atoms in total. The summed E-state index contributed by atoms with van der Waals surface area (Å²) in [7, 11) is 0. The number of halogens is 1. The molecule has 7 heteroatoms. The largest absolute Gasteiger partial charge is 0.492 e. The maximum absolute atomic E-state index is 13.6. The van der Waals surface area contributed by atoms with Gasteiger partial charge in [-0.2, -0.15) is 0 Å². The van der Waals surface area contributed by atoms with E-state index in [1.165, 1.54) is 0 Å². The van der Waals surface area contributed by atoms with Crippen LogP contribution in [0.1, 0.15) is 64.0 Å². The molecule has 1 heterocycles. The number of nitrogens with one attached hydrogen (secondary N) is 3. The summed E-state index contributed by atoms with van der Waals surface area (Å²) in [6.07, 6.45) is 5.53. The minimum atomic E-state index is -0.429. The van der Waals surface area contributed by atoms with Crippen LogP contribution in [0.15, 0.2) is 48.5 Å². The zero-order valence-electron chi connectivity index (χ0n) is 23.1. The second-order valence-corrected chi connectivity index (χ2v) is 11.1. The number of amides is 2. The van der Waals surface area contributed by atoms with Crippen LogP contribution >= 0.6 is 11.6 Å². The van der Waals surface area contributed by atoms with Gasteiger partial charge in [0.1, 0.15) is 12.4 Å². The minimum Gasteiger partial charge on any atom is -0.492 e. The maximum Gasteiger partial charge on any atom is 0.237 e. The second kappa shape index (κ2) is 15.7. The molecule has 0 radical (unpaired) electrons. The molecule has 2 aromatic rings. The van der Waals surface area contributed by atoms with Gasteiger partial charge in [0.25, 0.3) is 0 Å². The van der Waals surface area contributed by atoms with Gasteiger partial charge in [0.05, 0.1) is 6.04 Å². The molecule has 0 aliphatic carbocycles. The van der Waals surface area contributed by atoms with E-state index in [0.717, 1.165) is 55.4 Å². The van der Waals surface area contributed by atoms with E-state index < -0.39 is 6.04 Å². The molecular weight excluding hydrogens is 498 g/mol. The highest BCUT2D eigenvalue weighted by molar-refractivity contribution is 6.30. The molecule has 2 aromatic carbocycles. The standard InChI is InChI=1S/C31H44ClN3O3/c1-4-9-25-15-16-27(22(2)3)35-31(37)28(21-23-10-7-13-26(32)20-23)33-18-19-38-29-14-6-5-11-24(29)12-8-17-34-30(25)36/h5-7,10-11,13-14,20,22,25,27-28,33H,4,8-9,12,15-19,21H2,1-3H3,(H,34,36)(H,35,37)/t25-,27+,28-/m1/s1. The number of fused-ring (bicyclic) bond motifs is 1. The van der Waals surface area contributed by atoms with Crippen molar-refractivity contribution in [1.82, 2.24) is 16.0 Å². The first-order chi connectivity index (χ1) is 18.4. The summed E-state index contributed by atoms with van der Waals surface area (Å²) in [4.78, 5) is 26.6. The molecule has 0 aromatic heterocycles. The third-order valence-corrected chi connectivity index (χ3v) is 7.49. The molecule has 0 saturated carbocycles. The number of hydrogen-bond acceptors (Lipinski definition) is 4. The lowest BCUT2D eigenvalue weighted by molar-refractivity contribution is -0.125. The van der Waals surface area contributed by atoms with Crippen molar-refractivity contribution in [1.29, 1.82) is 0 Å². The minimum absolute atomic E-state index is 0.0136. The molecule has 1 aliphatic heterocycles. The average Bonchev–Trinajstić information content (AvgIpc) is 2.89. The molecule has 0 saturated heterocycles. The van der Waals surface area contributed by atoms with Crippen molar-refractivity contribution in [2.45, 2.75) is 77.8 Å². The number of carbonyl (C=O) groups excluding carboxylic acids is 2. The van der Waals surface area contributed by atoms with Crippen molar-refractivity contribution in [3.63, 3.8) is 0 Å². The zero-order valence-corrected chi connectivity index (χ0v) is 23.9. The van der Waals surface area contributed by atoms with Crippen LogP contribution in [0.3, 0.4) is 0 Å². The predicted octanol–water partition coefficient (Wildman–Crippen LogP) is 5.32. The van der Waals surface area contributed by atoms with Gasteiger partial charge in [0.15, 0.2) is 0 Å². The Kier molecular flexibility index (Phi) is 12.4. The second-order valence-electron chi connectivity index (χ2n) is 10.6. The summed E-state index contributed by atoms with van der Waals surface area (Å²) >= 11 is 6.22. The van der Waals surface area contributed by atoms with Gasteiger partial charge in [-0.1, -0.05) is 69.1 Å². The molecule has 38 heavy (non-hydrogen) atoms. The monoisotopic (exact) mass is 541 g/mol. The van der Waals surface area contributed by atoms with Crippen LogP contribution in [0, 0.1) is 11.8 Å². The van der Waals surface area contributed by atoms with Crippen molar-refractivity contribution in [3.8, 4) is 5.75 Å². The van der Waals surface area contributed by atoms with Gasteiger partial charge in [-0.3, -0.25) is 9.59 Å². The third-order valence-electron chi connectivity index (χ3n) is 7.26. The molecule has 208 valence electrons. The number of aryl methyl sites for hydroxylation is 1. The van der Waals surface area contributed by atoms with Crippen LogP contribution in [0.5, 0.6) is 5.75 Å². The van der Waals surface area contributed by atoms with Crippen molar-refractivity contribution in [3.05, 3.63) is 64.7 Å². The Bertz CT molecular complexity index is 1030. The Morgan fingerprint density at radius 1 is 1.03 bits per heavy atom. The van der Waals surface area contributed by atoms with Gasteiger partial charge in [-0.05, 0) is 73.8 Å². The van der Waals surface area contributed by atoms with Gasteiger partial charge < -0.3 is 20.7 Å². The van der Waals surface area contributed by atoms with Gasteiger partial charge in [-0.25, -0.2) is 0 Å². The molecule has 0 fully saturated rings. The maximum atomic E-state index is 13.6. The van der Waals surface area contributed by atoms with Gasteiger partial charge >= 0.3 is 0 Å². The van der Waals surface area contributed by atoms with Gasteiger partial charge in [0, 0.05) is 30.1 Å². The highest BCUT2D eigenvalue weighted by atomic mass is 35.5. The highest BCUT2D eigenvalue weighted by Crippen LogP contribution is 2.21. The summed E-state index contributed by atoms with van der Waals surface area (Å²) in [6.45, 7) is 7.98. The van der Waals surface area contributed by atoms with E-state index in [1.54, 1.807) is 0 Å². The predicted molar refractivity (Wildman–Crippen MR) is 155 cm³/mol. The number of rotatable bonds is 5. The van der Waals surface area contributed by atoms with Crippen LogP contribution < -0.4 is 20.7 Å². The first-order valence-electron chi connectivity index (χ1n) is 14.1. The lowest BCUT2D eigenvalue weighted by Crippen LogP contribution is -2.51. The molecule has 0 bridgehead atoms. The molecule has 0 spiro atoms. The van der Waals surface area contributed by atoms with E-state index in [4.69, 9.17) is 16.3 Å². The quantitative estimate of drug-likeness (QED) is 0.478. The molecule has 3 N–H and O–H groups in total. The molecular formula is C31H44ClN3O3. The smallest absolute Gasteiger partial charge is 0.237 e. The molecule has 3 atom stereocenters. The van der Waals surface area contributed by atoms with Crippen LogP contribution in [-0.2, 0) is 22.4 Å². The van der Waals surface area contributed by atoms with E-state index in [1.807, 2.05) is 42.5 Å². The topological polar surface area (TPSA) is 79.5 Å². The Labute approximate surface area is 233 Å². The van der Waals surface area contributed by atoms with Crippen molar-refractivity contribution >= 4 is 23.4 Å². The third kappa shape index (κ3) is 9.63. The summed E-state index contributed by atoms with van der Waals surface area (Å²) in [5, 5.41) is 10.5. The van der Waals surface area contributed by atoms with Gasteiger partial charge in [-0.15, -0.1) is 0 Å². The fraction of sp³-hybridized carbons (Fsp3) is 0.548. The van der Waals surface area contributed by atoms with E-state index in [2.05, 4.69) is 42.8 Å². The Balaban J connectivity index is 1.81. The average molecular weight is 542 g/mol. The first-order valence-corrected chi connectivity index (χ1v) is 14.5. The summed E-state index contributed by atoms with van der Waals surface area (Å²) in [5.74, 6) is 1.13. The van der Waals surface area contributed by atoms with Crippen molar-refractivity contribution in [2.24, 2.45) is 11.8 Å². The van der Waals surface area contributed by atoms with Crippen LogP contribution in [0.2, 0.25) is 5.02 Å². The highest BCUT2D eigenvalue weighted by Gasteiger charge is 2.26. The fourth-order valence-corrected chi connectivity index (χ4v) is 5.24. The van der Waals surface area contributed by atoms with Crippen LogP contribution in [-0.4, -0.2) is 43.6 Å². The number of hydrogen-bond donors (Lipinski definition) is 3. The number of para-hydroxylation sites is 1. The zero-order chi connectivity index (χ0) is 27.3. The lowest BCUT2D eigenvalue weighted by atomic mass is 9.90. The SMILES string of the molecule is CCC[C@@H]1CC[C@@H](C(C)C)NC(=O)[C@@H](Cc2cccc(Cl)c2)NCCOc2ccccc2CCCNC1=O. The molecule has 3 rings (SSSR count). The van der Waals surface area contributed by atoms with E-state index >= 15 is 0 Å². The Morgan fingerprint density at radius 2 is 1.84 bits per heavy atom. The summed E-state index contributed by atoms with van der Waals surface area (Å²) in [5.41, 5.74) is 2.13. The normalized spacial score (nSPS) is 22.4. The van der Waals surface area contributed by atoms with Crippen molar-refractivity contribution < 1.29 is 14.3 Å². The fourth-order valence-electron chi connectivity index (χ4n) is 5.03. The van der Waals surface area contributed by atoms with E-state index in [9.17, 15) is 9.59 Å². The molecule has 2 amide bonds. The van der Waals surface area contributed by atoms with Crippen LogP contribution in [0.4, 0.5) is 0 Å². The molecule has 0 unspecified atom stereocenters. The summed E-state index contributed by atoms with van der Waals surface area (Å²) in [6, 6.07) is 15.2. The summed E-state index contributed by atoms with van der Waals surface area (Å²) < 4.78 is 6.11. The van der Waals surface area contributed by atoms with E-state index in [0.29, 0.717) is 31.1 Å². The molecule has 1 aliphatic rings. The first kappa shape index (κ1) is 30.0. The lowest BCUT2D eigenvalue weighted by Gasteiger charge is -2.28. The van der Waals surface area contributed by atoms with Crippen LogP contribution in [0.25, 0.3) is 0 Å². The van der Waals surface area contributed by atoms with Crippen molar-refractivity contribution in [2.75, 3.05) is 19.7 Å². The Morgan fingerprint density at radius 3 is 2.61 bits per heavy atom. The van der Waals surface area contributed by atoms with Gasteiger partial charge in [0.2, 0.25) is 11.8 Å². The number of carbonyl (C=O) groups is 2. The Hall–Kier alpha value is -2.57.